The molecule has 0 bridgehead atoms. The van der Waals surface area contributed by atoms with E-state index in [-0.39, 0.29) is 0 Å². The lowest BCUT2D eigenvalue weighted by atomic mass is 10.3. The Morgan fingerprint density at radius 1 is 1.29 bits per heavy atom. The zero-order valence-corrected chi connectivity index (χ0v) is 10.3. The van der Waals surface area contributed by atoms with Gasteiger partial charge in [0.2, 0.25) is 5.78 Å². The van der Waals surface area contributed by atoms with Crippen molar-refractivity contribution in [3.63, 3.8) is 0 Å². The summed E-state index contributed by atoms with van der Waals surface area (Å²) in [5.74, 6) is 1.71. The molecule has 17 heavy (non-hydrogen) atoms. The number of hydrogen-bond acceptors (Lipinski definition) is 3. The number of fused-ring (bicyclic) bond motifs is 3. The van der Waals surface area contributed by atoms with Crippen molar-refractivity contribution < 1.29 is 0 Å². The van der Waals surface area contributed by atoms with E-state index in [1.165, 1.54) is 0 Å². The van der Waals surface area contributed by atoms with Crippen LogP contribution in [0.15, 0.2) is 42.1 Å². The van der Waals surface area contributed by atoms with Crippen LogP contribution < -0.4 is 0 Å². The van der Waals surface area contributed by atoms with Crippen molar-refractivity contribution in [2.45, 2.75) is 5.16 Å². The number of para-hydroxylation sites is 2. The van der Waals surface area contributed by atoms with Crippen molar-refractivity contribution in [3.8, 4) is 0 Å². The Morgan fingerprint density at radius 3 is 2.82 bits per heavy atom. The fraction of sp³-hybridized carbons (Fsp3) is 0.167. The van der Waals surface area contributed by atoms with Gasteiger partial charge in [-0.1, -0.05) is 30.0 Å². The summed E-state index contributed by atoms with van der Waals surface area (Å²) in [5, 5.41) is 9.35. The normalized spacial score (nSPS) is 11.4. The van der Waals surface area contributed by atoms with Gasteiger partial charge in [-0.15, -0.1) is 16.8 Å². The molecule has 0 radical (unpaired) electrons. The Morgan fingerprint density at radius 2 is 2.06 bits per heavy atom. The maximum absolute atomic E-state index is 4.23. The molecule has 0 aliphatic heterocycles. The summed E-state index contributed by atoms with van der Waals surface area (Å²) >= 11 is 1.64. The van der Waals surface area contributed by atoms with Gasteiger partial charge in [-0.3, -0.25) is 4.40 Å². The van der Waals surface area contributed by atoms with Crippen molar-refractivity contribution in [2.24, 2.45) is 7.05 Å². The predicted octanol–water partition coefficient (Wildman–Crippen LogP) is 2.50. The van der Waals surface area contributed by atoms with Crippen LogP contribution >= 0.6 is 11.8 Å². The highest BCUT2D eigenvalue weighted by atomic mass is 32.2. The molecule has 0 N–H and O–H groups in total. The first-order valence-corrected chi connectivity index (χ1v) is 6.33. The lowest BCUT2D eigenvalue weighted by Crippen LogP contribution is -1.88. The number of thioether (sulfide) groups is 1. The number of aromatic nitrogens is 4. The first-order valence-electron chi connectivity index (χ1n) is 5.35. The number of hydrogen-bond donors (Lipinski definition) is 0. The Balaban J connectivity index is 2.32. The SMILES string of the molecule is C=CCSc1nnc2n(C)c3ccccc3n12. The summed E-state index contributed by atoms with van der Waals surface area (Å²) in [5.41, 5.74) is 2.31. The first kappa shape index (κ1) is 10.4. The topological polar surface area (TPSA) is 35.1 Å². The highest BCUT2D eigenvalue weighted by Crippen LogP contribution is 2.24. The third-order valence-electron chi connectivity index (χ3n) is 2.73. The maximum Gasteiger partial charge on any atom is 0.236 e. The third-order valence-corrected chi connectivity index (χ3v) is 3.66. The summed E-state index contributed by atoms with van der Waals surface area (Å²) in [6.07, 6.45) is 1.87. The van der Waals surface area contributed by atoms with Crippen molar-refractivity contribution >= 4 is 28.6 Å². The van der Waals surface area contributed by atoms with Crippen LogP contribution in [0.2, 0.25) is 0 Å². The van der Waals surface area contributed by atoms with Gasteiger partial charge in [0, 0.05) is 12.8 Å². The van der Waals surface area contributed by atoms with Crippen LogP contribution in [0.1, 0.15) is 0 Å². The second-order valence-electron chi connectivity index (χ2n) is 3.77. The minimum atomic E-state index is 0.837. The number of aryl methyl sites for hydroxylation is 1. The fourth-order valence-electron chi connectivity index (χ4n) is 1.96. The van der Waals surface area contributed by atoms with Crippen molar-refractivity contribution in [3.05, 3.63) is 36.9 Å². The molecular weight excluding hydrogens is 232 g/mol. The van der Waals surface area contributed by atoms with Crippen LogP contribution in [-0.4, -0.2) is 24.9 Å². The van der Waals surface area contributed by atoms with Crippen LogP contribution in [0.3, 0.4) is 0 Å². The number of benzene rings is 1. The van der Waals surface area contributed by atoms with E-state index in [2.05, 4.69) is 37.9 Å². The molecule has 0 aliphatic rings. The van der Waals surface area contributed by atoms with Gasteiger partial charge in [0.25, 0.3) is 0 Å². The first-order chi connectivity index (χ1) is 8.33. The molecule has 0 saturated carbocycles. The average Bonchev–Trinajstić information content (AvgIpc) is 2.89. The maximum atomic E-state index is 4.23. The molecule has 4 nitrogen and oxygen atoms in total. The van der Waals surface area contributed by atoms with E-state index >= 15 is 0 Å². The zero-order valence-electron chi connectivity index (χ0n) is 9.50. The molecular formula is C12H12N4S. The molecule has 0 spiro atoms. The second kappa shape index (κ2) is 3.92. The molecule has 2 aromatic heterocycles. The standard InChI is InChI=1S/C12H12N4S/c1-3-8-17-12-14-13-11-15(2)9-6-4-5-7-10(9)16(11)12/h3-7H,1,8H2,2H3. The minimum Gasteiger partial charge on any atom is -0.311 e. The summed E-state index contributed by atoms with van der Waals surface area (Å²) in [4.78, 5) is 0. The van der Waals surface area contributed by atoms with E-state index in [4.69, 9.17) is 0 Å². The van der Waals surface area contributed by atoms with Crippen molar-refractivity contribution in [2.75, 3.05) is 5.75 Å². The molecule has 0 amide bonds. The van der Waals surface area contributed by atoms with E-state index in [0.29, 0.717) is 0 Å². The molecule has 3 aromatic rings. The van der Waals surface area contributed by atoms with Gasteiger partial charge in [0.1, 0.15) is 0 Å². The highest BCUT2D eigenvalue weighted by Gasteiger charge is 2.13. The van der Waals surface area contributed by atoms with Crippen molar-refractivity contribution in [1.82, 2.24) is 19.2 Å². The Hall–Kier alpha value is -1.75. The summed E-state index contributed by atoms with van der Waals surface area (Å²) in [7, 11) is 2.01. The Kier molecular flexibility index (Phi) is 2.40. The predicted molar refractivity (Wildman–Crippen MR) is 70.4 cm³/mol. The Bertz CT molecular complexity index is 695. The lowest BCUT2D eigenvalue weighted by Gasteiger charge is -1.95. The van der Waals surface area contributed by atoms with Crippen LogP contribution in [-0.2, 0) is 7.05 Å². The van der Waals surface area contributed by atoms with Gasteiger partial charge in [0.15, 0.2) is 5.16 Å². The molecule has 1 aromatic carbocycles. The van der Waals surface area contributed by atoms with Crippen LogP contribution in [0.4, 0.5) is 0 Å². The van der Waals surface area contributed by atoms with Crippen LogP contribution in [0, 0.1) is 0 Å². The molecule has 2 heterocycles. The number of rotatable bonds is 3. The molecule has 3 rings (SSSR count). The molecule has 0 saturated heterocycles. The van der Waals surface area contributed by atoms with Gasteiger partial charge in [-0.25, -0.2) is 0 Å². The van der Waals surface area contributed by atoms with Gasteiger partial charge in [0.05, 0.1) is 11.0 Å². The molecule has 0 aliphatic carbocycles. The molecule has 5 heteroatoms. The second-order valence-corrected chi connectivity index (χ2v) is 4.75. The Labute approximate surface area is 103 Å². The smallest absolute Gasteiger partial charge is 0.236 e. The average molecular weight is 244 g/mol. The summed E-state index contributed by atoms with van der Waals surface area (Å²) in [6.45, 7) is 3.72. The van der Waals surface area contributed by atoms with E-state index in [1.54, 1.807) is 11.8 Å². The molecule has 0 fully saturated rings. The van der Waals surface area contributed by atoms with E-state index in [1.807, 2.05) is 25.3 Å². The van der Waals surface area contributed by atoms with Gasteiger partial charge >= 0.3 is 0 Å². The number of imidazole rings is 1. The molecule has 0 unspecified atom stereocenters. The van der Waals surface area contributed by atoms with E-state index in [0.717, 1.165) is 27.7 Å². The van der Waals surface area contributed by atoms with Crippen LogP contribution in [0.25, 0.3) is 16.8 Å². The fourth-order valence-corrected chi connectivity index (χ4v) is 2.64. The number of nitrogens with zero attached hydrogens (tertiary/aromatic N) is 4. The van der Waals surface area contributed by atoms with Crippen molar-refractivity contribution in [1.29, 1.82) is 0 Å². The van der Waals surface area contributed by atoms with Gasteiger partial charge in [-0.2, -0.15) is 0 Å². The molecule has 0 atom stereocenters. The largest absolute Gasteiger partial charge is 0.311 e. The lowest BCUT2D eigenvalue weighted by molar-refractivity contribution is 0.938. The summed E-state index contributed by atoms with van der Waals surface area (Å²) in [6, 6.07) is 8.24. The monoisotopic (exact) mass is 244 g/mol. The quantitative estimate of drug-likeness (QED) is 0.524. The van der Waals surface area contributed by atoms with E-state index in [9.17, 15) is 0 Å². The van der Waals surface area contributed by atoms with E-state index < -0.39 is 0 Å². The third kappa shape index (κ3) is 1.46. The van der Waals surface area contributed by atoms with Gasteiger partial charge < -0.3 is 4.57 Å². The molecule has 86 valence electrons. The van der Waals surface area contributed by atoms with Crippen LogP contribution in [0.5, 0.6) is 0 Å². The summed E-state index contributed by atoms with van der Waals surface area (Å²) < 4.78 is 4.14. The minimum absolute atomic E-state index is 0.837. The van der Waals surface area contributed by atoms with Gasteiger partial charge in [-0.05, 0) is 12.1 Å². The zero-order chi connectivity index (χ0) is 11.8. The highest BCUT2D eigenvalue weighted by molar-refractivity contribution is 7.99.